The number of aromatic nitrogens is 2. The van der Waals surface area contributed by atoms with Gasteiger partial charge in [-0.15, -0.1) is 0 Å². The van der Waals surface area contributed by atoms with Gasteiger partial charge in [0.05, 0.1) is 11.3 Å². The fourth-order valence-electron chi connectivity index (χ4n) is 2.33. The maximum absolute atomic E-state index is 13.9. The lowest BCUT2D eigenvalue weighted by atomic mass is 10.1. The highest BCUT2D eigenvalue weighted by molar-refractivity contribution is 7.99. The number of hydrogen-bond acceptors (Lipinski definition) is 3. The summed E-state index contributed by atoms with van der Waals surface area (Å²) >= 11 is 1.02. The third-order valence-corrected chi connectivity index (χ3v) is 4.25. The molecule has 0 spiro atoms. The molecule has 4 nitrogen and oxygen atoms in total. The van der Waals surface area contributed by atoms with Crippen molar-refractivity contribution in [3.8, 4) is 0 Å². The van der Waals surface area contributed by atoms with Crippen molar-refractivity contribution in [3.63, 3.8) is 0 Å². The molecule has 2 aromatic rings. The van der Waals surface area contributed by atoms with Gasteiger partial charge in [0.1, 0.15) is 11.3 Å². The number of fused-ring (bicyclic) bond motifs is 1. The van der Waals surface area contributed by atoms with Crippen molar-refractivity contribution < 1.29 is 18.7 Å². The van der Waals surface area contributed by atoms with E-state index in [0.717, 1.165) is 30.7 Å². The van der Waals surface area contributed by atoms with Crippen molar-refractivity contribution in [1.29, 1.82) is 0 Å². The summed E-state index contributed by atoms with van der Waals surface area (Å²) in [5.74, 6) is -2.54. The van der Waals surface area contributed by atoms with Gasteiger partial charge in [-0.3, -0.25) is 4.79 Å². The normalized spacial score (nSPS) is 11.5. The molecular formula is C14H16F2N2O2S. The number of aliphatic carboxylic acids is 1. The average Bonchev–Trinajstić information content (AvgIpc) is 2.77. The number of rotatable bonds is 6. The van der Waals surface area contributed by atoms with Gasteiger partial charge in [-0.25, -0.2) is 13.8 Å². The van der Waals surface area contributed by atoms with Crippen LogP contribution in [0, 0.1) is 11.6 Å². The molecule has 0 fully saturated rings. The van der Waals surface area contributed by atoms with Gasteiger partial charge in [-0.2, -0.15) is 0 Å². The van der Waals surface area contributed by atoms with Crippen LogP contribution in [-0.4, -0.2) is 26.4 Å². The van der Waals surface area contributed by atoms with Crippen LogP contribution in [0.4, 0.5) is 8.78 Å². The van der Waals surface area contributed by atoms with Gasteiger partial charge in [-0.05, 0) is 12.8 Å². The van der Waals surface area contributed by atoms with Crippen molar-refractivity contribution >= 4 is 28.8 Å². The Labute approximate surface area is 125 Å². The lowest BCUT2D eigenvalue weighted by molar-refractivity contribution is -0.133. The Kier molecular flexibility index (Phi) is 4.82. The van der Waals surface area contributed by atoms with Crippen LogP contribution in [0.25, 0.3) is 11.0 Å². The Morgan fingerprint density at radius 1 is 1.38 bits per heavy atom. The maximum Gasteiger partial charge on any atom is 0.313 e. The molecule has 0 saturated carbocycles. The minimum absolute atomic E-state index is 0.0208. The molecule has 1 N–H and O–H groups in total. The molecule has 0 atom stereocenters. The largest absolute Gasteiger partial charge is 0.481 e. The minimum Gasteiger partial charge on any atom is -0.481 e. The highest BCUT2D eigenvalue weighted by Gasteiger charge is 2.20. The van der Waals surface area contributed by atoms with Crippen LogP contribution in [0.5, 0.6) is 0 Å². The molecule has 0 aliphatic rings. The van der Waals surface area contributed by atoms with Crippen LogP contribution < -0.4 is 0 Å². The van der Waals surface area contributed by atoms with Crippen molar-refractivity contribution in [3.05, 3.63) is 23.8 Å². The molecule has 1 aromatic heterocycles. The summed E-state index contributed by atoms with van der Waals surface area (Å²) in [5, 5.41) is 9.21. The summed E-state index contributed by atoms with van der Waals surface area (Å²) < 4.78 is 29.1. The first-order chi connectivity index (χ1) is 9.97. The summed E-state index contributed by atoms with van der Waals surface area (Å²) in [6.45, 7) is 3.95. The molecule has 0 aliphatic carbocycles. The van der Waals surface area contributed by atoms with Gasteiger partial charge in [0, 0.05) is 18.2 Å². The Morgan fingerprint density at radius 2 is 2.05 bits per heavy atom. The number of carboxylic acids is 1. The summed E-state index contributed by atoms with van der Waals surface area (Å²) in [6, 6.07) is 2.06. The maximum atomic E-state index is 13.9. The van der Waals surface area contributed by atoms with E-state index in [9.17, 15) is 13.6 Å². The van der Waals surface area contributed by atoms with E-state index in [1.165, 1.54) is 6.07 Å². The molecule has 0 saturated heterocycles. The number of imidazole rings is 1. The van der Waals surface area contributed by atoms with E-state index >= 15 is 0 Å². The Bertz CT molecular complexity index is 669. The van der Waals surface area contributed by atoms with Gasteiger partial charge in [0.15, 0.2) is 11.0 Å². The van der Waals surface area contributed by atoms with Crippen molar-refractivity contribution in [2.75, 3.05) is 5.75 Å². The number of hydrogen-bond donors (Lipinski definition) is 1. The topological polar surface area (TPSA) is 55.1 Å². The van der Waals surface area contributed by atoms with Gasteiger partial charge >= 0.3 is 5.97 Å². The third-order valence-electron chi connectivity index (χ3n) is 3.31. The van der Waals surface area contributed by atoms with E-state index in [2.05, 4.69) is 4.98 Å². The molecular weight excluding hydrogens is 298 g/mol. The average molecular weight is 314 g/mol. The third kappa shape index (κ3) is 3.18. The highest BCUT2D eigenvalue weighted by atomic mass is 32.2. The smallest absolute Gasteiger partial charge is 0.313 e. The summed E-state index contributed by atoms with van der Waals surface area (Å²) in [5.41, 5.74) is 0.449. The Balaban J connectivity index is 2.62. The van der Waals surface area contributed by atoms with E-state index in [-0.39, 0.29) is 17.3 Å². The number of thioether (sulfide) groups is 1. The first kappa shape index (κ1) is 15.8. The van der Waals surface area contributed by atoms with Crippen molar-refractivity contribution in [1.82, 2.24) is 9.55 Å². The minimum atomic E-state index is -0.977. The summed E-state index contributed by atoms with van der Waals surface area (Å²) in [6.07, 6.45) is 1.53. The van der Waals surface area contributed by atoms with Crippen LogP contribution in [0.15, 0.2) is 17.3 Å². The zero-order chi connectivity index (χ0) is 15.6. The number of benzene rings is 1. The molecule has 2 rings (SSSR count). The zero-order valence-corrected chi connectivity index (χ0v) is 12.6. The van der Waals surface area contributed by atoms with Crippen LogP contribution in [-0.2, 0) is 4.79 Å². The van der Waals surface area contributed by atoms with Gasteiger partial charge in [0.2, 0.25) is 0 Å². The van der Waals surface area contributed by atoms with Crippen molar-refractivity contribution in [2.45, 2.75) is 37.9 Å². The van der Waals surface area contributed by atoms with Crippen LogP contribution in [0.1, 0.15) is 32.7 Å². The van der Waals surface area contributed by atoms with E-state index in [1.807, 2.05) is 13.8 Å². The highest BCUT2D eigenvalue weighted by Crippen LogP contribution is 2.32. The fraction of sp³-hybridized carbons (Fsp3) is 0.429. The molecule has 0 bridgehead atoms. The van der Waals surface area contributed by atoms with Crippen LogP contribution in [0.2, 0.25) is 0 Å². The van der Waals surface area contributed by atoms with Gasteiger partial charge < -0.3 is 9.67 Å². The standard InChI is InChI=1S/C14H16F2N2O2S/c1-3-9(4-2)18-11-6-8(15)5-10(16)13(11)17-14(18)21-7-12(19)20/h5-6,9H,3-4,7H2,1-2H3,(H,19,20). The van der Waals surface area contributed by atoms with E-state index in [0.29, 0.717) is 10.7 Å². The molecule has 1 aromatic carbocycles. The Morgan fingerprint density at radius 3 is 2.62 bits per heavy atom. The first-order valence-corrected chi connectivity index (χ1v) is 7.68. The number of nitrogens with zero attached hydrogens (tertiary/aromatic N) is 2. The SMILES string of the molecule is CCC(CC)n1c(SCC(=O)O)nc2c(F)cc(F)cc21. The summed E-state index contributed by atoms with van der Waals surface area (Å²) in [7, 11) is 0. The lowest BCUT2D eigenvalue weighted by Gasteiger charge is -2.18. The molecule has 21 heavy (non-hydrogen) atoms. The van der Waals surface area contributed by atoms with Crippen molar-refractivity contribution in [2.24, 2.45) is 0 Å². The predicted octanol–water partition coefficient (Wildman–Crippen LogP) is 3.85. The fourth-order valence-corrected chi connectivity index (χ4v) is 3.13. The van der Waals surface area contributed by atoms with Gasteiger partial charge in [-0.1, -0.05) is 25.6 Å². The molecule has 1 heterocycles. The van der Waals surface area contributed by atoms with E-state index in [4.69, 9.17) is 5.11 Å². The van der Waals surface area contributed by atoms with Crippen LogP contribution >= 0.6 is 11.8 Å². The monoisotopic (exact) mass is 314 g/mol. The molecule has 114 valence electrons. The second-order valence-corrected chi connectivity index (χ2v) is 5.61. The van der Waals surface area contributed by atoms with E-state index in [1.54, 1.807) is 4.57 Å². The zero-order valence-electron chi connectivity index (χ0n) is 11.8. The quantitative estimate of drug-likeness (QED) is 0.823. The second kappa shape index (κ2) is 6.43. The molecule has 0 unspecified atom stereocenters. The molecule has 0 amide bonds. The van der Waals surface area contributed by atoms with Gasteiger partial charge in [0.25, 0.3) is 0 Å². The Hall–Kier alpha value is -1.63. The molecule has 0 aliphatic heterocycles. The lowest BCUT2D eigenvalue weighted by Crippen LogP contribution is -2.09. The van der Waals surface area contributed by atoms with Crippen LogP contribution in [0.3, 0.4) is 0 Å². The molecule has 0 radical (unpaired) electrons. The van der Waals surface area contributed by atoms with E-state index < -0.39 is 17.6 Å². The molecule has 7 heteroatoms. The first-order valence-electron chi connectivity index (χ1n) is 6.69. The summed E-state index contributed by atoms with van der Waals surface area (Å²) in [4.78, 5) is 14.9. The number of carbonyl (C=O) groups is 1. The second-order valence-electron chi connectivity index (χ2n) is 4.67. The predicted molar refractivity (Wildman–Crippen MR) is 77.6 cm³/mol. The number of halogens is 2. The number of carboxylic acid groups (broad SMARTS) is 1.